The zero-order chi connectivity index (χ0) is 10.4. The number of aliphatic hydroxyl groups is 5. The minimum atomic E-state index is -1.43. The zero-order valence-electron chi connectivity index (χ0n) is 7.37. The third kappa shape index (κ3) is 3.55. The summed E-state index contributed by atoms with van der Waals surface area (Å²) in [6.07, 6.45) is -5.24. The van der Waals surface area contributed by atoms with Gasteiger partial charge in [0.05, 0.1) is 13.2 Å². The molecule has 0 radical (unpaired) electrons. The molecule has 80 valence electrons. The number of methoxy groups -OCH3 is 1. The van der Waals surface area contributed by atoms with Crippen molar-refractivity contribution in [3.8, 4) is 0 Å². The van der Waals surface area contributed by atoms with Crippen LogP contribution in [-0.2, 0) is 4.74 Å². The molecule has 0 saturated carbocycles. The van der Waals surface area contributed by atoms with E-state index in [9.17, 15) is 5.11 Å². The second kappa shape index (κ2) is 6.25. The lowest BCUT2D eigenvalue weighted by molar-refractivity contribution is -0.137. The van der Waals surface area contributed by atoms with Crippen molar-refractivity contribution in [1.29, 1.82) is 0 Å². The van der Waals surface area contributed by atoms with Crippen LogP contribution < -0.4 is 0 Å². The SMILES string of the molecule is CO[C@@H]([C@@H](O)[C@H](O)CO)[C@@H](O)CO. The molecule has 0 saturated heterocycles. The highest BCUT2D eigenvalue weighted by molar-refractivity contribution is 4.81. The van der Waals surface area contributed by atoms with Crippen LogP contribution in [0.1, 0.15) is 0 Å². The molecular formula is C7H16O6. The van der Waals surface area contributed by atoms with Crippen molar-refractivity contribution in [3.63, 3.8) is 0 Å². The summed E-state index contributed by atoms with van der Waals surface area (Å²) < 4.78 is 4.66. The molecule has 13 heavy (non-hydrogen) atoms. The molecule has 6 nitrogen and oxygen atoms in total. The van der Waals surface area contributed by atoms with Gasteiger partial charge in [0.1, 0.15) is 24.4 Å². The van der Waals surface area contributed by atoms with Crippen molar-refractivity contribution in [3.05, 3.63) is 0 Å². The number of hydrogen-bond donors (Lipinski definition) is 5. The first-order chi connectivity index (χ1) is 6.08. The summed E-state index contributed by atoms with van der Waals surface area (Å²) in [7, 11) is 1.22. The lowest BCUT2D eigenvalue weighted by atomic mass is 10.0. The van der Waals surface area contributed by atoms with Crippen molar-refractivity contribution in [2.24, 2.45) is 0 Å². The van der Waals surface area contributed by atoms with E-state index in [1.54, 1.807) is 0 Å². The minimum absolute atomic E-state index is 0.590. The van der Waals surface area contributed by atoms with Gasteiger partial charge in [-0.05, 0) is 0 Å². The topological polar surface area (TPSA) is 110 Å². The average Bonchev–Trinajstić information content (AvgIpc) is 2.17. The van der Waals surface area contributed by atoms with E-state index in [-0.39, 0.29) is 0 Å². The zero-order valence-corrected chi connectivity index (χ0v) is 7.37. The largest absolute Gasteiger partial charge is 0.394 e. The molecule has 0 spiro atoms. The van der Waals surface area contributed by atoms with Crippen molar-refractivity contribution in [2.45, 2.75) is 24.4 Å². The summed E-state index contributed by atoms with van der Waals surface area (Å²) >= 11 is 0. The van der Waals surface area contributed by atoms with Gasteiger partial charge in [-0.2, -0.15) is 0 Å². The number of hydrogen-bond acceptors (Lipinski definition) is 6. The maximum absolute atomic E-state index is 9.27. The van der Waals surface area contributed by atoms with Gasteiger partial charge in [-0.1, -0.05) is 0 Å². The number of rotatable bonds is 6. The Bertz CT molecular complexity index is 130. The summed E-state index contributed by atoms with van der Waals surface area (Å²) in [4.78, 5) is 0. The second-order valence-corrected chi connectivity index (χ2v) is 2.69. The first-order valence-electron chi connectivity index (χ1n) is 3.87. The van der Waals surface area contributed by atoms with E-state index in [2.05, 4.69) is 4.74 Å². The first-order valence-corrected chi connectivity index (χ1v) is 3.87. The van der Waals surface area contributed by atoms with Gasteiger partial charge in [-0.15, -0.1) is 0 Å². The second-order valence-electron chi connectivity index (χ2n) is 2.69. The van der Waals surface area contributed by atoms with Crippen molar-refractivity contribution in [2.75, 3.05) is 20.3 Å². The van der Waals surface area contributed by atoms with Gasteiger partial charge >= 0.3 is 0 Å². The molecule has 4 atom stereocenters. The molecule has 6 heteroatoms. The molecule has 0 aromatic heterocycles. The maximum atomic E-state index is 9.27. The van der Waals surface area contributed by atoms with Gasteiger partial charge in [-0.25, -0.2) is 0 Å². The molecule has 0 amide bonds. The third-order valence-corrected chi connectivity index (χ3v) is 1.76. The highest BCUT2D eigenvalue weighted by atomic mass is 16.5. The lowest BCUT2D eigenvalue weighted by Gasteiger charge is -2.27. The maximum Gasteiger partial charge on any atom is 0.114 e. The Balaban J connectivity index is 4.21. The van der Waals surface area contributed by atoms with Crippen LogP contribution in [0, 0.1) is 0 Å². The Morgan fingerprint density at radius 3 is 1.77 bits per heavy atom. The van der Waals surface area contributed by atoms with Gasteiger partial charge in [-0.3, -0.25) is 0 Å². The molecule has 0 aliphatic carbocycles. The molecule has 0 bridgehead atoms. The van der Waals surface area contributed by atoms with Gasteiger partial charge in [0.2, 0.25) is 0 Å². The molecule has 0 aromatic carbocycles. The van der Waals surface area contributed by atoms with Crippen LogP contribution >= 0.6 is 0 Å². The minimum Gasteiger partial charge on any atom is -0.394 e. The lowest BCUT2D eigenvalue weighted by Crippen LogP contribution is -2.48. The van der Waals surface area contributed by atoms with E-state index in [0.717, 1.165) is 0 Å². The fraction of sp³-hybridized carbons (Fsp3) is 1.00. The Morgan fingerprint density at radius 2 is 1.46 bits per heavy atom. The quantitative estimate of drug-likeness (QED) is 0.311. The summed E-state index contributed by atoms with van der Waals surface area (Å²) in [6.45, 7) is -1.23. The van der Waals surface area contributed by atoms with Crippen molar-refractivity contribution in [1.82, 2.24) is 0 Å². The van der Waals surface area contributed by atoms with Gasteiger partial charge in [0, 0.05) is 7.11 Å². The normalized spacial score (nSPS) is 20.8. The van der Waals surface area contributed by atoms with E-state index >= 15 is 0 Å². The Kier molecular flexibility index (Phi) is 6.13. The highest BCUT2D eigenvalue weighted by Gasteiger charge is 2.31. The smallest absolute Gasteiger partial charge is 0.114 e. The Labute approximate surface area is 76.0 Å². The monoisotopic (exact) mass is 196 g/mol. The summed E-state index contributed by atoms with van der Waals surface area (Å²) in [5.74, 6) is 0. The molecule has 0 aromatic rings. The molecule has 0 aliphatic heterocycles. The van der Waals surface area contributed by atoms with E-state index in [0.29, 0.717) is 0 Å². The average molecular weight is 196 g/mol. The molecule has 0 aliphatic rings. The van der Waals surface area contributed by atoms with Crippen molar-refractivity contribution < 1.29 is 30.3 Å². The molecular weight excluding hydrogens is 180 g/mol. The predicted molar refractivity (Wildman–Crippen MR) is 43.0 cm³/mol. The van der Waals surface area contributed by atoms with E-state index in [4.69, 9.17) is 20.4 Å². The highest BCUT2D eigenvalue weighted by Crippen LogP contribution is 2.08. The van der Waals surface area contributed by atoms with E-state index in [1.807, 2.05) is 0 Å². The van der Waals surface area contributed by atoms with Crippen LogP contribution in [0.5, 0.6) is 0 Å². The molecule has 0 heterocycles. The summed E-state index contributed by atoms with van der Waals surface area (Å²) in [5.41, 5.74) is 0. The van der Waals surface area contributed by atoms with Crippen LogP contribution in [0.25, 0.3) is 0 Å². The fourth-order valence-electron chi connectivity index (χ4n) is 0.955. The standard InChI is InChI=1S/C7H16O6/c1-13-7(5(11)3-9)6(12)4(10)2-8/h4-12H,2-3H2,1H3/t4-,5+,6+,7-/m1/s1. The fourth-order valence-corrected chi connectivity index (χ4v) is 0.955. The third-order valence-electron chi connectivity index (χ3n) is 1.76. The van der Waals surface area contributed by atoms with Crippen LogP contribution in [0.15, 0.2) is 0 Å². The molecule has 5 N–H and O–H groups in total. The first kappa shape index (κ1) is 12.8. The number of ether oxygens (including phenoxy) is 1. The van der Waals surface area contributed by atoms with Crippen LogP contribution in [0.3, 0.4) is 0 Å². The number of aliphatic hydroxyl groups excluding tert-OH is 5. The van der Waals surface area contributed by atoms with Gasteiger partial charge in [0.25, 0.3) is 0 Å². The summed E-state index contributed by atoms with van der Waals surface area (Å²) in [6, 6.07) is 0. The summed E-state index contributed by atoms with van der Waals surface area (Å²) in [5, 5.41) is 44.4. The van der Waals surface area contributed by atoms with Crippen LogP contribution in [-0.4, -0.2) is 70.3 Å². The van der Waals surface area contributed by atoms with Crippen molar-refractivity contribution >= 4 is 0 Å². The Hall–Kier alpha value is -0.240. The molecule has 0 unspecified atom stereocenters. The predicted octanol–water partition coefficient (Wildman–Crippen LogP) is -2.93. The molecule has 0 rings (SSSR count). The van der Waals surface area contributed by atoms with Crippen LogP contribution in [0.2, 0.25) is 0 Å². The Morgan fingerprint density at radius 1 is 1.00 bits per heavy atom. The van der Waals surface area contributed by atoms with E-state index in [1.165, 1.54) is 7.11 Å². The van der Waals surface area contributed by atoms with Gasteiger partial charge < -0.3 is 30.3 Å². The van der Waals surface area contributed by atoms with E-state index < -0.39 is 37.6 Å². The molecule has 0 fully saturated rings. The van der Waals surface area contributed by atoms with Gasteiger partial charge in [0.15, 0.2) is 0 Å². The van der Waals surface area contributed by atoms with Crippen LogP contribution in [0.4, 0.5) is 0 Å².